The number of rotatable bonds is 5. The summed E-state index contributed by atoms with van der Waals surface area (Å²) >= 11 is 0. The zero-order valence-electron chi connectivity index (χ0n) is 29.3. The first kappa shape index (κ1) is 37.3. The van der Waals surface area contributed by atoms with E-state index in [4.69, 9.17) is 14.2 Å². The lowest BCUT2D eigenvalue weighted by atomic mass is 10.1. The lowest BCUT2D eigenvalue weighted by molar-refractivity contribution is -0.142. The first-order valence-corrected chi connectivity index (χ1v) is 19.0. The lowest BCUT2D eigenvalue weighted by Gasteiger charge is -2.30. The first-order chi connectivity index (χ1) is 24.6. The topological polar surface area (TPSA) is 190 Å². The van der Waals surface area contributed by atoms with Gasteiger partial charge in [0.05, 0.1) is 24.9 Å². The largest absolute Gasteiger partial charge is 0.444 e. The van der Waals surface area contributed by atoms with Crippen molar-refractivity contribution in [3.8, 4) is 0 Å². The molecule has 1 aromatic carbocycles. The highest BCUT2D eigenvalue weighted by Crippen LogP contribution is 2.46. The lowest BCUT2D eigenvalue weighted by Crippen LogP contribution is -2.59. The SMILES string of the molecule is CC(C)(C)OC(=O)N[C@H]1COCCCC=C=C[C@@H]2C[C@@]2(C(=O)NS(=O)(=O)C2CC2)NC(=O)[C@@H]2C[C@@H](OC(=O)N3Cc4cccc(F)c4C3)CN2C1=O. The molecule has 0 aromatic heterocycles. The monoisotopic (exact) mass is 745 g/mol. The number of benzene rings is 1. The van der Waals surface area contributed by atoms with E-state index < -0.39 is 86.2 Å². The molecular weight excluding hydrogens is 701 g/mol. The molecular formula is C35H44FN5O10S. The average Bonchev–Trinajstić information content (AvgIpc) is 3.94. The molecule has 3 fully saturated rings. The molecule has 2 saturated carbocycles. The predicted molar refractivity (Wildman–Crippen MR) is 181 cm³/mol. The third kappa shape index (κ3) is 8.42. The van der Waals surface area contributed by atoms with Crippen LogP contribution in [0.3, 0.4) is 0 Å². The van der Waals surface area contributed by atoms with Crippen LogP contribution in [0.15, 0.2) is 36.1 Å². The quantitative estimate of drug-likeness (QED) is 0.377. The maximum Gasteiger partial charge on any atom is 0.410 e. The highest BCUT2D eigenvalue weighted by atomic mass is 32.2. The number of alkyl carbamates (subject to hydrolysis) is 1. The standard InChI is InChI=1S/C35H44FN5O10S/c1-34(2,3)51-32(45)37-27-20-49-14-7-5-4-6-10-22-16-35(22,31(44)39-52(47,48)24-12-13-24)38-29(42)28-15-23(18-41(28)30(27)43)50-33(46)40-17-21-9-8-11-26(36)25(21)19-40/h4,8-11,22-24,27-28H,5,7,12-20H2,1-3H3,(H,37,45)(H,38,42)(H,39,44)/t6?,22-,23-,27+,28+,35-/m1/s1. The molecule has 0 bridgehead atoms. The molecule has 52 heavy (non-hydrogen) atoms. The summed E-state index contributed by atoms with van der Waals surface area (Å²) in [5.41, 5.74) is 1.50. The smallest absolute Gasteiger partial charge is 0.410 e. The van der Waals surface area contributed by atoms with Crippen molar-refractivity contribution in [3.63, 3.8) is 0 Å². The second-order valence-corrected chi connectivity index (χ2v) is 16.8. The Morgan fingerprint density at radius 2 is 1.92 bits per heavy atom. The van der Waals surface area contributed by atoms with Gasteiger partial charge >= 0.3 is 12.2 Å². The van der Waals surface area contributed by atoms with Crippen LogP contribution >= 0.6 is 0 Å². The van der Waals surface area contributed by atoms with E-state index in [1.807, 2.05) is 0 Å². The molecule has 0 spiro atoms. The number of nitrogens with one attached hydrogen (secondary N) is 3. The van der Waals surface area contributed by atoms with Crippen molar-refractivity contribution in [2.75, 3.05) is 19.8 Å². The molecule has 1 saturated heterocycles. The minimum atomic E-state index is -3.95. The second-order valence-electron chi connectivity index (χ2n) is 14.9. The molecule has 3 aliphatic heterocycles. The van der Waals surface area contributed by atoms with Crippen LogP contribution in [0.5, 0.6) is 0 Å². The Bertz CT molecular complexity index is 1800. The molecule has 3 N–H and O–H groups in total. The predicted octanol–water partition coefficient (Wildman–Crippen LogP) is 2.15. The van der Waals surface area contributed by atoms with Gasteiger partial charge in [-0.25, -0.2) is 22.4 Å². The van der Waals surface area contributed by atoms with Gasteiger partial charge < -0.3 is 29.7 Å². The van der Waals surface area contributed by atoms with E-state index in [-0.39, 0.29) is 45.7 Å². The highest BCUT2D eigenvalue weighted by Gasteiger charge is 2.62. The zero-order chi connectivity index (χ0) is 37.4. The molecule has 1 aromatic rings. The Morgan fingerprint density at radius 1 is 1.15 bits per heavy atom. The molecule has 0 radical (unpaired) electrons. The Hall–Kier alpha value is -4.47. The van der Waals surface area contributed by atoms with Gasteiger partial charge in [0.15, 0.2) is 0 Å². The van der Waals surface area contributed by atoms with E-state index >= 15 is 0 Å². The van der Waals surface area contributed by atoms with E-state index in [0.29, 0.717) is 36.8 Å². The van der Waals surface area contributed by atoms with E-state index in [2.05, 4.69) is 21.1 Å². The number of nitrogens with zero attached hydrogens (tertiary/aromatic N) is 2. The molecule has 3 heterocycles. The van der Waals surface area contributed by atoms with Crippen LogP contribution in [0.4, 0.5) is 14.0 Å². The van der Waals surface area contributed by atoms with Crippen molar-refractivity contribution in [1.29, 1.82) is 0 Å². The van der Waals surface area contributed by atoms with Crippen LogP contribution in [-0.4, -0.2) is 102 Å². The number of amides is 5. The molecule has 5 amide bonds. The third-order valence-corrected chi connectivity index (χ3v) is 11.4. The molecule has 2 aliphatic carbocycles. The number of carbonyl (C=O) groups excluding carboxylic acids is 5. The van der Waals surface area contributed by atoms with Crippen LogP contribution in [0.2, 0.25) is 0 Å². The summed E-state index contributed by atoms with van der Waals surface area (Å²) in [6, 6.07) is 1.94. The van der Waals surface area contributed by atoms with Crippen LogP contribution in [-0.2, 0) is 51.7 Å². The summed E-state index contributed by atoms with van der Waals surface area (Å²) < 4.78 is 58.9. The van der Waals surface area contributed by atoms with Gasteiger partial charge in [0.1, 0.15) is 35.1 Å². The van der Waals surface area contributed by atoms with E-state index in [1.54, 1.807) is 45.1 Å². The summed E-state index contributed by atoms with van der Waals surface area (Å²) in [7, 11) is -3.95. The Labute approximate surface area is 301 Å². The summed E-state index contributed by atoms with van der Waals surface area (Å²) in [4.78, 5) is 70.6. The van der Waals surface area contributed by atoms with Crippen molar-refractivity contribution in [2.24, 2.45) is 5.92 Å². The number of hydrogen-bond acceptors (Lipinski definition) is 10. The van der Waals surface area contributed by atoms with Gasteiger partial charge in [0.2, 0.25) is 21.8 Å². The van der Waals surface area contributed by atoms with Crippen molar-refractivity contribution >= 4 is 39.9 Å². The normalized spacial score (nSPS) is 27.9. The molecule has 17 heteroatoms. The molecule has 6 rings (SSSR count). The van der Waals surface area contributed by atoms with Crippen molar-refractivity contribution in [3.05, 3.63) is 53.0 Å². The molecule has 5 atom stereocenters. The van der Waals surface area contributed by atoms with Crippen molar-refractivity contribution < 1.29 is 51.0 Å². The third-order valence-electron chi connectivity index (χ3n) is 9.59. The fraction of sp³-hybridized carbons (Fsp3) is 0.600. The van der Waals surface area contributed by atoms with E-state index in [9.17, 15) is 36.8 Å². The summed E-state index contributed by atoms with van der Waals surface area (Å²) in [6.07, 6.45) is 2.47. The Morgan fingerprint density at radius 3 is 2.63 bits per heavy atom. The number of halogens is 1. The fourth-order valence-corrected chi connectivity index (χ4v) is 7.98. The number of sulfonamides is 1. The molecule has 5 aliphatic rings. The van der Waals surface area contributed by atoms with E-state index in [0.717, 1.165) is 4.90 Å². The van der Waals surface area contributed by atoms with Gasteiger partial charge in [-0.05, 0) is 76.7 Å². The van der Waals surface area contributed by atoms with Crippen molar-refractivity contribution in [1.82, 2.24) is 25.2 Å². The number of ether oxygens (including phenoxy) is 3. The van der Waals surface area contributed by atoms with Gasteiger partial charge in [-0.3, -0.25) is 24.0 Å². The second kappa shape index (κ2) is 14.5. The zero-order valence-corrected chi connectivity index (χ0v) is 30.1. The summed E-state index contributed by atoms with van der Waals surface area (Å²) in [5, 5.41) is 4.58. The maximum atomic E-state index is 14.4. The highest BCUT2D eigenvalue weighted by molar-refractivity contribution is 7.91. The molecule has 0 unspecified atom stereocenters. The number of hydrogen-bond donors (Lipinski definition) is 3. The van der Waals surface area contributed by atoms with Crippen LogP contribution in [0, 0.1) is 11.7 Å². The summed E-state index contributed by atoms with van der Waals surface area (Å²) in [6.45, 7) is 4.75. The number of fused-ring (bicyclic) bond motifs is 3. The van der Waals surface area contributed by atoms with Crippen LogP contribution in [0.25, 0.3) is 0 Å². The van der Waals surface area contributed by atoms with Gasteiger partial charge in [0, 0.05) is 31.1 Å². The molecule has 15 nitrogen and oxygen atoms in total. The molecule has 282 valence electrons. The first-order valence-electron chi connectivity index (χ1n) is 17.4. The van der Waals surface area contributed by atoms with E-state index in [1.165, 1.54) is 11.0 Å². The Kier molecular flexibility index (Phi) is 10.4. The van der Waals surface area contributed by atoms with Crippen LogP contribution < -0.4 is 15.4 Å². The fourth-order valence-electron chi connectivity index (χ4n) is 6.62. The van der Waals surface area contributed by atoms with Gasteiger partial charge in [-0.2, -0.15) is 0 Å². The van der Waals surface area contributed by atoms with Gasteiger partial charge in [0.25, 0.3) is 5.91 Å². The van der Waals surface area contributed by atoms with Gasteiger partial charge in [-0.1, -0.05) is 12.1 Å². The summed E-state index contributed by atoms with van der Waals surface area (Å²) in [5.74, 6) is -3.45. The Balaban J connectivity index is 1.26. The van der Waals surface area contributed by atoms with Crippen LogP contribution in [0.1, 0.15) is 70.4 Å². The van der Waals surface area contributed by atoms with Gasteiger partial charge in [-0.15, -0.1) is 5.73 Å². The maximum absolute atomic E-state index is 14.4. The van der Waals surface area contributed by atoms with Crippen molar-refractivity contribution in [2.45, 2.75) is 107 Å². The minimum Gasteiger partial charge on any atom is -0.444 e. The minimum absolute atomic E-state index is 0.0237. The number of carbonyl (C=O) groups is 5. The average molecular weight is 746 g/mol.